The zero-order valence-corrected chi connectivity index (χ0v) is 16.3. The molecule has 0 radical (unpaired) electrons. The van der Waals surface area contributed by atoms with E-state index in [1.54, 1.807) is 18.2 Å². The number of aromatic carboxylic acids is 1. The van der Waals surface area contributed by atoms with Crippen molar-refractivity contribution in [3.8, 4) is 0 Å². The molecule has 7 nitrogen and oxygen atoms in total. The number of hydrogen-bond acceptors (Lipinski definition) is 5. The predicted molar refractivity (Wildman–Crippen MR) is 111 cm³/mol. The van der Waals surface area contributed by atoms with Crippen molar-refractivity contribution in [1.29, 1.82) is 0 Å². The summed E-state index contributed by atoms with van der Waals surface area (Å²) in [5.74, 6) is -2.28. The Balaban J connectivity index is 1.75. The molecule has 0 saturated carbocycles. The molecule has 1 aliphatic heterocycles. The van der Waals surface area contributed by atoms with Gasteiger partial charge in [-0.25, -0.2) is 9.69 Å². The number of carbonyl (C=O) groups excluding carboxylic acids is 2. The van der Waals surface area contributed by atoms with Crippen molar-refractivity contribution >= 4 is 34.8 Å². The minimum Gasteiger partial charge on any atom is -0.478 e. The van der Waals surface area contributed by atoms with Gasteiger partial charge in [0, 0.05) is 0 Å². The van der Waals surface area contributed by atoms with Crippen LogP contribution in [0.4, 0.5) is 17.1 Å². The molecule has 1 aliphatic rings. The number of hydrogen-bond donors (Lipinski definition) is 1. The fraction of sp³-hybridized carbons (Fsp3) is 0.0870. The van der Waals surface area contributed by atoms with Crippen molar-refractivity contribution < 1.29 is 19.5 Å². The van der Waals surface area contributed by atoms with Crippen molar-refractivity contribution in [2.45, 2.75) is 13.8 Å². The molecule has 0 atom stereocenters. The lowest BCUT2D eigenvalue weighted by molar-refractivity contribution is 0.0696. The third-order valence-electron chi connectivity index (χ3n) is 4.81. The fourth-order valence-corrected chi connectivity index (χ4v) is 3.22. The van der Waals surface area contributed by atoms with Gasteiger partial charge in [0.1, 0.15) is 5.69 Å². The molecule has 7 heteroatoms. The molecule has 0 unspecified atom stereocenters. The van der Waals surface area contributed by atoms with Crippen LogP contribution in [0.1, 0.15) is 42.2 Å². The Morgan fingerprint density at radius 3 is 2.17 bits per heavy atom. The van der Waals surface area contributed by atoms with Crippen LogP contribution in [0.3, 0.4) is 0 Å². The highest BCUT2D eigenvalue weighted by atomic mass is 16.4. The summed E-state index contributed by atoms with van der Waals surface area (Å²) in [4.78, 5) is 38.1. The summed E-state index contributed by atoms with van der Waals surface area (Å²) >= 11 is 0. The number of anilines is 1. The van der Waals surface area contributed by atoms with E-state index in [0.717, 1.165) is 16.0 Å². The Bertz CT molecular complexity index is 1230. The lowest BCUT2D eigenvalue weighted by Gasteiger charge is -2.16. The second-order valence-electron chi connectivity index (χ2n) is 7.04. The first kappa shape index (κ1) is 19.2. The van der Waals surface area contributed by atoms with Crippen molar-refractivity contribution in [1.82, 2.24) is 0 Å². The van der Waals surface area contributed by atoms with Gasteiger partial charge < -0.3 is 5.11 Å². The molecule has 0 spiro atoms. The molecule has 0 saturated heterocycles. The van der Waals surface area contributed by atoms with E-state index < -0.39 is 17.8 Å². The maximum atomic E-state index is 13.0. The molecule has 148 valence electrons. The lowest BCUT2D eigenvalue weighted by atomic mass is 10.1. The molecule has 4 rings (SSSR count). The second kappa shape index (κ2) is 7.36. The summed E-state index contributed by atoms with van der Waals surface area (Å²) in [5.41, 5.74) is 3.44. The van der Waals surface area contributed by atoms with Gasteiger partial charge in [0.05, 0.1) is 28.1 Å². The standard InChI is InChI=1S/C23H17N3O4/c1-13-3-7-16(8-4-13)24-25-19-11-14(2)5-10-20(19)26-21(27)17-9-6-15(23(29)30)12-18(17)22(26)28/h3-12H,1-2H3,(H,29,30). The van der Waals surface area contributed by atoms with Gasteiger partial charge in [-0.2, -0.15) is 5.11 Å². The highest BCUT2D eigenvalue weighted by Gasteiger charge is 2.38. The minimum absolute atomic E-state index is 0.0556. The first-order valence-corrected chi connectivity index (χ1v) is 9.20. The first-order valence-electron chi connectivity index (χ1n) is 9.20. The maximum Gasteiger partial charge on any atom is 0.335 e. The van der Waals surface area contributed by atoms with Gasteiger partial charge in [-0.1, -0.05) is 23.8 Å². The fourth-order valence-electron chi connectivity index (χ4n) is 3.22. The number of rotatable bonds is 4. The molecule has 2 amide bonds. The number of carboxylic acid groups (broad SMARTS) is 1. The van der Waals surface area contributed by atoms with E-state index in [9.17, 15) is 19.5 Å². The van der Waals surface area contributed by atoms with Gasteiger partial charge in [-0.15, -0.1) is 5.11 Å². The number of carboxylic acids is 1. The summed E-state index contributed by atoms with van der Waals surface area (Å²) in [7, 11) is 0. The van der Waals surface area contributed by atoms with Gasteiger partial charge in [0.15, 0.2) is 0 Å². The summed E-state index contributed by atoms with van der Waals surface area (Å²) < 4.78 is 0. The largest absolute Gasteiger partial charge is 0.478 e. The van der Waals surface area contributed by atoms with Crippen LogP contribution in [-0.4, -0.2) is 22.9 Å². The monoisotopic (exact) mass is 399 g/mol. The first-order chi connectivity index (χ1) is 14.3. The number of azo groups is 1. The van der Waals surface area contributed by atoms with E-state index in [1.807, 2.05) is 38.1 Å². The summed E-state index contributed by atoms with van der Waals surface area (Å²) in [6.07, 6.45) is 0. The van der Waals surface area contributed by atoms with Gasteiger partial charge in [0.2, 0.25) is 0 Å². The Labute approximate surface area is 172 Å². The smallest absolute Gasteiger partial charge is 0.335 e. The average Bonchev–Trinajstić information content (AvgIpc) is 2.98. The molecule has 1 heterocycles. The molecule has 3 aromatic rings. The van der Waals surface area contributed by atoms with Crippen LogP contribution in [-0.2, 0) is 0 Å². The Morgan fingerprint density at radius 2 is 1.47 bits per heavy atom. The minimum atomic E-state index is -1.17. The summed E-state index contributed by atoms with van der Waals surface area (Å²) in [5, 5.41) is 17.7. The predicted octanol–water partition coefficient (Wildman–Crippen LogP) is 5.22. The lowest BCUT2D eigenvalue weighted by Crippen LogP contribution is -2.29. The van der Waals surface area contributed by atoms with E-state index >= 15 is 0 Å². The molecular formula is C23H17N3O4. The number of carbonyl (C=O) groups is 3. The van der Waals surface area contributed by atoms with Crippen molar-refractivity contribution in [3.05, 3.63) is 88.5 Å². The number of nitrogens with zero attached hydrogens (tertiary/aromatic N) is 3. The summed E-state index contributed by atoms with van der Waals surface area (Å²) in [6, 6.07) is 16.5. The van der Waals surface area contributed by atoms with Crippen LogP contribution in [0.5, 0.6) is 0 Å². The SMILES string of the molecule is Cc1ccc(N=Nc2cc(C)ccc2N2C(=O)c3ccc(C(=O)O)cc3C2=O)cc1. The van der Waals surface area contributed by atoms with Crippen molar-refractivity contribution in [3.63, 3.8) is 0 Å². The van der Waals surface area contributed by atoms with E-state index in [-0.39, 0.29) is 16.7 Å². The van der Waals surface area contributed by atoms with Gasteiger partial charge in [-0.05, 0) is 61.9 Å². The number of aryl methyl sites for hydroxylation is 2. The van der Waals surface area contributed by atoms with Crippen LogP contribution < -0.4 is 4.90 Å². The number of benzene rings is 3. The molecule has 3 aromatic carbocycles. The zero-order valence-electron chi connectivity index (χ0n) is 16.3. The van der Waals surface area contributed by atoms with Crippen LogP contribution in [0, 0.1) is 13.8 Å². The number of imide groups is 1. The van der Waals surface area contributed by atoms with Crippen LogP contribution in [0.2, 0.25) is 0 Å². The second-order valence-corrected chi connectivity index (χ2v) is 7.04. The quantitative estimate of drug-likeness (QED) is 0.480. The van der Waals surface area contributed by atoms with E-state index in [4.69, 9.17) is 0 Å². The van der Waals surface area contributed by atoms with Crippen LogP contribution in [0.15, 0.2) is 70.9 Å². The van der Waals surface area contributed by atoms with Crippen LogP contribution in [0.25, 0.3) is 0 Å². The normalized spacial score (nSPS) is 13.2. The Morgan fingerprint density at radius 1 is 0.800 bits per heavy atom. The Kier molecular flexibility index (Phi) is 4.71. The number of amides is 2. The van der Waals surface area contributed by atoms with E-state index in [0.29, 0.717) is 17.1 Å². The average molecular weight is 399 g/mol. The molecular weight excluding hydrogens is 382 g/mol. The highest BCUT2D eigenvalue weighted by Crippen LogP contribution is 2.36. The van der Waals surface area contributed by atoms with E-state index in [1.165, 1.54) is 18.2 Å². The molecule has 0 bridgehead atoms. The van der Waals surface area contributed by atoms with Crippen molar-refractivity contribution in [2.75, 3.05) is 4.90 Å². The molecule has 0 aliphatic carbocycles. The molecule has 0 aromatic heterocycles. The van der Waals surface area contributed by atoms with Gasteiger partial charge in [-0.3, -0.25) is 9.59 Å². The third kappa shape index (κ3) is 3.37. The molecule has 1 N–H and O–H groups in total. The topological polar surface area (TPSA) is 99.4 Å². The number of fused-ring (bicyclic) bond motifs is 1. The van der Waals surface area contributed by atoms with Crippen molar-refractivity contribution in [2.24, 2.45) is 10.2 Å². The summed E-state index contributed by atoms with van der Waals surface area (Å²) in [6.45, 7) is 3.84. The highest BCUT2D eigenvalue weighted by molar-refractivity contribution is 6.35. The zero-order chi connectivity index (χ0) is 21.4. The Hall–Kier alpha value is -4.13. The third-order valence-corrected chi connectivity index (χ3v) is 4.81. The van der Waals surface area contributed by atoms with Gasteiger partial charge in [0.25, 0.3) is 11.8 Å². The molecule has 30 heavy (non-hydrogen) atoms. The molecule has 0 fully saturated rings. The van der Waals surface area contributed by atoms with E-state index in [2.05, 4.69) is 10.2 Å². The maximum absolute atomic E-state index is 13.0. The van der Waals surface area contributed by atoms with Crippen LogP contribution >= 0.6 is 0 Å². The van der Waals surface area contributed by atoms with Gasteiger partial charge >= 0.3 is 5.97 Å².